The number of amides is 2. The van der Waals surface area contributed by atoms with E-state index >= 15 is 0 Å². The lowest BCUT2D eigenvalue weighted by atomic mass is 9.72. The maximum absolute atomic E-state index is 14.1. The first kappa shape index (κ1) is 38.6. The number of pyridine rings is 1. The summed E-state index contributed by atoms with van der Waals surface area (Å²) in [5.74, 6) is -0.142. The standard InChI is InChI=1S/C39H47Cl2N5O7/c1-51-32-21-27(22-33(52-2)34(32)53-3)35(47)45-20-11-38(25-45,28-6-7-30(40)31(41)23-28)10-17-44-18-12-39(13-19-44,29-5-4-14-42-24-29)37(50)43-46-15-8-26(9-16-46)36(48)49/h4-7,14,21-24,26H,8-13,15-20,25H2,1-3H3,(H,43,50)(H,48,49). The average molecular weight is 769 g/mol. The van der Waals surface area contributed by atoms with Gasteiger partial charge < -0.3 is 29.1 Å². The van der Waals surface area contributed by atoms with E-state index in [0.29, 0.717) is 97.8 Å². The molecule has 1 unspecified atom stereocenters. The van der Waals surface area contributed by atoms with E-state index in [1.54, 1.807) is 24.5 Å². The van der Waals surface area contributed by atoms with E-state index in [1.807, 2.05) is 40.2 Å². The summed E-state index contributed by atoms with van der Waals surface area (Å²) in [6, 6.07) is 12.9. The largest absolute Gasteiger partial charge is 0.493 e. The van der Waals surface area contributed by atoms with Gasteiger partial charge in [-0.05, 0) is 99.6 Å². The minimum absolute atomic E-state index is 0.0806. The Labute approximate surface area is 320 Å². The molecule has 12 nitrogen and oxygen atoms in total. The lowest BCUT2D eigenvalue weighted by Gasteiger charge is -2.43. The molecule has 2 N–H and O–H groups in total. The minimum atomic E-state index is -0.786. The normalized spacial score (nSPS) is 20.9. The first-order chi connectivity index (χ1) is 25.5. The molecule has 2 aromatic carbocycles. The number of carbonyl (C=O) groups is 3. The van der Waals surface area contributed by atoms with Gasteiger partial charge in [-0.2, -0.15) is 0 Å². The van der Waals surface area contributed by atoms with Gasteiger partial charge in [0.05, 0.1) is 42.7 Å². The molecule has 2 amide bonds. The van der Waals surface area contributed by atoms with Crippen molar-refractivity contribution in [1.29, 1.82) is 0 Å². The van der Waals surface area contributed by atoms with Crippen LogP contribution in [0.15, 0.2) is 54.9 Å². The number of nitrogens with one attached hydrogen (secondary N) is 1. The Morgan fingerprint density at radius 1 is 0.887 bits per heavy atom. The maximum atomic E-state index is 14.1. The highest BCUT2D eigenvalue weighted by molar-refractivity contribution is 6.42. The van der Waals surface area contributed by atoms with E-state index < -0.39 is 11.4 Å². The molecule has 0 aliphatic carbocycles. The highest BCUT2D eigenvalue weighted by Crippen LogP contribution is 2.43. The quantitative estimate of drug-likeness (QED) is 0.245. The van der Waals surface area contributed by atoms with Gasteiger partial charge in [-0.1, -0.05) is 35.3 Å². The number of methoxy groups -OCH3 is 3. The second-order valence-electron chi connectivity index (χ2n) is 14.3. The fourth-order valence-corrected chi connectivity index (χ4v) is 8.45. The maximum Gasteiger partial charge on any atom is 0.306 e. The lowest BCUT2D eigenvalue weighted by Crippen LogP contribution is -2.57. The van der Waals surface area contributed by atoms with E-state index in [0.717, 1.165) is 30.5 Å². The van der Waals surface area contributed by atoms with Crippen LogP contribution in [0.3, 0.4) is 0 Å². The van der Waals surface area contributed by atoms with Crippen LogP contribution in [0.4, 0.5) is 0 Å². The van der Waals surface area contributed by atoms with Crippen molar-refractivity contribution < 1.29 is 33.7 Å². The summed E-state index contributed by atoms with van der Waals surface area (Å²) in [7, 11) is 4.58. The Morgan fingerprint density at radius 2 is 1.58 bits per heavy atom. The van der Waals surface area contributed by atoms with Crippen molar-refractivity contribution in [2.24, 2.45) is 5.92 Å². The Hall–Kier alpha value is -4.10. The van der Waals surface area contributed by atoms with Crippen molar-refractivity contribution in [2.75, 3.05) is 67.1 Å². The minimum Gasteiger partial charge on any atom is -0.493 e. The van der Waals surface area contributed by atoms with Crippen molar-refractivity contribution in [3.05, 3.63) is 81.6 Å². The van der Waals surface area contributed by atoms with E-state index in [-0.39, 0.29) is 23.1 Å². The monoisotopic (exact) mass is 767 g/mol. The summed E-state index contributed by atoms with van der Waals surface area (Å²) in [6.45, 7) is 4.14. The van der Waals surface area contributed by atoms with Crippen LogP contribution in [0.25, 0.3) is 0 Å². The number of hydrogen-bond acceptors (Lipinski definition) is 9. The number of hydrogen-bond donors (Lipinski definition) is 2. The van der Waals surface area contributed by atoms with Crippen LogP contribution < -0.4 is 19.6 Å². The van der Waals surface area contributed by atoms with Gasteiger partial charge >= 0.3 is 5.97 Å². The third kappa shape index (κ3) is 8.06. The van der Waals surface area contributed by atoms with Crippen LogP contribution in [-0.4, -0.2) is 110 Å². The van der Waals surface area contributed by atoms with Crippen LogP contribution in [0.1, 0.15) is 60.0 Å². The lowest BCUT2D eigenvalue weighted by molar-refractivity contribution is -0.144. The average Bonchev–Trinajstić information content (AvgIpc) is 3.63. The SMILES string of the molecule is COc1cc(C(=O)N2CCC(CCN3CCC(C(=O)NN4CCC(C(=O)O)CC4)(c4cccnc4)CC3)(c3ccc(Cl)c(Cl)c3)C2)cc(OC)c1OC. The van der Waals surface area contributed by atoms with Gasteiger partial charge in [-0.25, -0.2) is 5.01 Å². The molecule has 3 fully saturated rings. The zero-order chi connectivity index (χ0) is 37.8. The van der Waals surface area contributed by atoms with E-state index in [4.69, 9.17) is 37.4 Å². The highest BCUT2D eigenvalue weighted by atomic mass is 35.5. The van der Waals surface area contributed by atoms with E-state index in [9.17, 15) is 19.5 Å². The van der Waals surface area contributed by atoms with Crippen LogP contribution >= 0.6 is 23.2 Å². The fraction of sp³-hybridized carbons (Fsp3) is 0.487. The molecular weight excluding hydrogens is 721 g/mol. The highest BCUT2D eigenvalue weighted by Gasteiger charge is 2.46. The number of aromatic nitrogens is 1. The number of carboxylic acids is 1. The summed E-state index contributed by atoms with van der Waals surface area (Å²) >= 11 is 12.9. The number of ether oxygens (including phenoxy) is 3. The number of halogens is 2. The van der Waals surface area contributed by atoms with Crippen molar-refractivity contribution in [3.8, 4) is 17.2 Å². The van der Waals surface area contributed by atoms with Gasteiger partial charge in [0.15, 0.2) is 11.5 Å². The Morgan fingerprint density at radius 3 is 2.17 bits per heavy atom. The fourth-order valence-electron chi connectivity index (χ4n) is 8.15. The summed E-state index contributed by atoms with van der Waals surface area (Å²) in [5.41, 5.74) is 4.33. The van der Waals surface area contributed by atoms with Crippen LogP contribution in [0.5, 0.6) is 17.2 Å². The number of likely N-dealkylation sites (tertiary alicyclic amines) is 2. The summed E-state index contributed by atoms with van der Waals surface area (Å²) in [4.78, 5) is 48.2. The first-order valence-electron chi connectivity index (χ1n) is 18.0. The Bertz CT molecular complexity index is 1770. The number of aliphatic carboxylic acids is 1. The van der Waals surface area contributed by atoms with Crippen LogP contribution in [0, 0.1) is 5.92 Å². The molecule has 284 valence electrons. The van der Waals surface area contributed by atoms with Gasteiger partial charge in [0.2, 0.25) is 11.7 Å². The molecule has 4 heterocycles. The molecule has 0 spiro atoms. The third-order valence-corrected chi connectivity index (χ3v) is 12.2. The molecule has 3 aromatic rings. The molecule has 0 radical (unpaired) electrons. The molecule has 6 rings (SSSR count). The summed E-state index contributed by atoms with van der Waals surface area (Å²) < 4.78 is 16.5. The van der Waals surface area contributed by atoms with Gasteiger partial charge in [-0.15, -0.1) is 0 Å². The Balaban J connectivity index is 1.18. The number of nitrogens with zero attached hydrogens (tertiary/aromatic N) is 4. The molecular formula is C39H47Cl2N5O7. The number of hydrazine groups is 1. The number of piperidine rings is 2. The predicted molar refractivity (Wildman–Crippen MR) is 201 cm³/mol. The molecule has 3 saturated heterocycles. The van der Waals surface area contributed by atoms with Crippen molar-refractivity contribution >= 4 is 41.0 Å². The number of benzene rings is 2. The molecule has 3 aliphatic heterocycles. The van der Waals surface area contributed by atoms with Gasteiger partial charge in [0.1, 0.15) is 0 Å². The molecule has 0 bridgehead atoms. The van der Waals surface area contributed by atoms with Gasteiger partial charge in [-0.3, -0.25) is 24.8 Å². The molecule has 53 heavy (non-hydrogen) atoms. The molecule has 3 aliphatic rings. The van der Waals surface area contributed by atoms with Crippen LogP contribution in [0.2, 0.25) is 10.0 Å². The number of rotatable bonds is 12. The van der Waals surface area contributed by atoms with Crippen molar-refractivity contribution in [2.45, 2.75) is 49.4 Å². The van der Waals surface area contributed by atoms with E-state index in [2.05, 4.69) is 15.3 Å². The topological polar surface area (TPSA) is 134 Å². The van der Waals surface area contributed by atoms with Crippen LogP contribution in [-0.2, 0) is 20.4 Å². The molecule has 1 atom stereocenters. The first-order valence-corrected chi connectivity index (χ1v) is 18.7. The summed E-state index contributed by atoms with van der Waals surface area (Å²) in [5, 5.41) is 12.2. The number of carboxylic acid groups (broad SMARTS) is 1. The number of carbonyl (C=O) groups excluding carboxylic acids is 2. The van der Waals surface area contributed by atoms with Gasteiger partial charge in [0, 0.05) is 49.6 Å². The Kier molecular flexibility index (Phi) is 12.0. The second kappa shape index (κ2) is 16.5. The van der Waals surface area contributed by atoms with Gasteiger partial charge in [0.25, 0.3) is 5.91 Å². The molecule has 1 aromatic heterocycles. The predicted octanol–water partition coefficient (Wildman–Crippen LogP) is 5.45. The van der Waals surface area contributed by atoms with Crippen molar-refractivity contribution in [3.63, 3.8) is 0 Å². The second-order valence-corrected chi connectivity index (χ2v) is 15.1. The van der Waals surface area contributed by atoms with E-state index in [1.165, 1.54) is 21.3 Å². The molecule has 0 saturated carbocycles. The smallest absolute Gasteiger partial charge is 0.306 e. The molecule has 14 heteroatoms. The zero-order valence-electron chi connectivity index (χ0n) is 30.4. The van der Waals surface area contributed by atoms with Crippen molar-refractivity contribution in [1.82, 2.24) is 25.2 Å². The zero-order valence-corrected chi connectivity index (χ0v) is 31.9. The third-order valence-electron chi connectivity index (χ3n) is 11.5. The summed E-state index contributed by atoms with van der Waals surface area (Å²) in [6.07, 6.45) is 7.17.